The Balaban J connectivity index is 2.01. The van der Waals surface area contributed by atoms with Gasteiger partial charge in [0.1, 0.15) is 6.04 Å². The van der Waals surface area contributed by atoms with Crippen molar-refractivity contribution in [3.63, 3.8) is 0 Å². The number of rotatable bonds is 6. The van der Waals surface area contributed by atoms with E-state index < -0.39 is 12.0 Å². The largest absolute Gasteiger partial charge is 0.493 e. The van der Waals surface area contributed by atoms with Crippen LogP contribution in [0, 0.1) is 0 Å². The molecule has 2 heterocycles. The number of methoxy groups -OCH3 is 2. The zero-order valence-electron chi connectivity index (χ0n) is 19.4. The maximum absolute atomic E-state index is 13.7. The normalized spacial score (nSPS) is 15.5. The van der Waals surface area contributed by atoms with Crippen molar-refractivity contribution in [2.45, 2.75) is 19.9 Å². The van der Waals surface area contributed by atoms with Crippen LogP contribution in [0.1, 0.15) is 31.0 Å². The average molecular weight is 533 g/mol. The first-order valence-electron chi connectivity index (χ1n) is 10.7. The standard InChI is InChI=1S/C25H22Cl2N2O5S/c1-5-34-24(31)19-13(2)28-25-29(21(19)15-9-7-10-16(26)20(15)27)23(30)18(35-25)12-14-8-6-11-17(32-3)22(14)33-4/h6-12,21H,5H2,1-4H3/b18-12-/t21-/m0/s1. The predicted octanol–water partition coefficient (Wildman–Crippen LogP) is 4.12. The molecule has 2 aromatic carbocycles. The maximum Gasteiger partial charge on any atom is 0.338 e. The van der Waals surface area contributed by atoms with Gasteiger partial charge in [-0.1, -0.05) is 58.8 Å². The SMILES string of the molecule is CCOC(=O)C1=C(C)N=c2s/c(=C\c3cccc(OC)c3OC)c(=O)n2[C@H]1c1cccc(Cl)c1Cl. The molecule has 0 bridgehead atoms. The number of nitrogens with zero attached hydrogens (tertiary/aromatic N) is 2. The molecular weight excluding hydrogens is 511 g/mol. The van der Waals surface area contributed by atoms with Crippen molar-refractivity contribution in [3.05, 3.63) is 88.5 Å². The van der Waals surface area contributed by atoms with Gasteiger partial charge in [-0.3, -0.25) is 9.36 Å². The second kappa shape index (κ2) is 10.3. The quantitative estimate of drug-likeness (QED) is 0.446. The molecule has 1 aliphatic rings. The molecule has 1 atom stereocenters. The second-order valence-corrected chi connectivity index (χ2v) is 9.32. The fraction of sp³-hybridized carbons (Fsp3) is 0.240. The molecule has 7 nitrogen and oxygen atoms in total. The number of para-hydroxylation sites is 1. The van der Waals surface area contributed by atoms with Gasteiger partial charge in [0.2, 0.25) is 0 Å². The molecule has 0 amide bonds. The average Bonchev–Trinajstić information content (AvgIpc) is 3.14. The van der Waals surface area contributed by atoms with Crippen molar-refractivity contribution in [2.75, 3.05) is 20.8 Å². The number of carbonyl (C=O) groups excluding carboxylic acids is 1. The van der Waals surface area contributed by atoms with Crippen LogP contribution in [-0.2, 0) is 9.53 Å². The van der Waals surface area contributed by atoms with E-state index in [-0.39, 0.29) is 22.8 Å². The number of benzene rings is 2. The molecule has 0 unspecified atom stereocenters. The Kier molecular flexibility index (Phi) is 7.35. The van der Waals surface area contributed by atoms with Crippen LogP contribution >= 0.6 is 34.5 Å². The van der Waals surface area contributed by atoms with E-state index in [1.807, 2.05) is 12.1 Å². The number of fused-ring (bicyclic) bond motifs is 1. The monoisotopic (exact) mass is 532 g/mol. The van der Waals surface area contributed by atoms with E-state index in [2.05, 4.69) is 4.99 Å². The third-order valence-electron chi connectivity index (χ3n) is 5.51. The van der Waals surface area contributed by atoms with Crippen LogP contribution < -0.4 is 24.4 Å². The summed E-state index contributed by atoms with van der Waals surface area (Å²) in [5, 5.41) is 0.560. The molecule has 10 heteroatoms. The van der Waals surface area contributed by atoms with Gasteiger partial charge in [0.25, 0.3) is 5.56 Å². The first-order valence-corrected chi connectivity index (χ1v) is 12.2. The lowest BCUT2D eigenvalue weighted by molar-refractivity contribution is -0.139. The number of thiazole rings is 1. The molecule has 0 saturated heterocycles. The van der Waals surface area contributed by atoms with E-state index in [1.54, 1.807) is 51.3 Å². The third-order valence-corrected chi connectivity index (χ3v) is 7.33. The van der Waals surface area contributed by atoms with Gasteiger partial charge < -0.3 is 14.2 Å². The highest BCUT2D eigenvalue weighted by molar-refractivity contribution is 7.07. The summed E-state index contributed by atoms with van der Waals surface area (Å²) in [4.78, 5) is 31.7. The minimum Gasteiger partial charge on any atom is -0.493 e. The Morgan fingerprint density at radius 1 is 1.17 bits per heavy atom. The number of halogens is 2. The van der Waals surface area contributed by atoms with Crippen molar-refractivity contribution in [3.8, 4) is 11.5 Å². The molecule has 4 rings (SSSR count). The molecule has 182 valence electrons. The van der Waals surface area contributed by atoms with E-state index in [4.69, 9.17) is 37.4 Å². The summed E-state index contributed by atoms with van der Waals surface area (Å²) in [5.74, 6) is 0.468. The second-order valence-electron chi connectivity index (χ2n) is 7.53. The van der Waals surface area contributed by atoms with Gasteiger partial charge in [0.15, 0.2) is 16.3 Å². The van der Waals surface area contributed by atoms with Crippen LogP contribution in [0.3, 0.4) is 0 Å². The van der Waals surface area contributed by atoms with Gasteiger partial charge in [-0.15, -0.1) is 0 Å². The van der Waals surface area contributed by atoms with Crippen LogP contribution in [0.4, 0.5) is 0 Å². The molecular formula is C25H22Cl2N2O5S. The Morgan fingerprint density at radius 3 is 2.60 bits per heavy atom. The van der Waals surface area contributed by atoms with E-state index in [1.165, 1.54) is 23.0 Å². The highest BCUT2D eigenvalue weighted by Crippen LogP contribution is 2.37. The predicted molar refractivity (Wildman–Crippen MR) is 136 cm³/mol. The van der Waals surface area contributed by atoms with E-state index in [0.29, 0.717) is 42.7 Å². The summed E-state index contributed by atoms with van der Waals surface area (Å²) in [5.41, 5.74) is 1.50. The lowest BCUT2D eigenvalue weighted by Gasteiger charge is -2.25. The molecule has 0 fully saturated rings. The summed E-state index contributed by atoms with van der Waals surface area (Å²) in [6.45, 7) is 3.59. The highest BCUT2D eigenvalue weighted by atomic mass is 35.5. The molecule has 1 aromatic heterocycles. The summed E-state index contributed by atoms with van der Waals surface area (Å²) in [6, 6.07) is 9.64. The summed E-state index contributed by atoms with van der Waals surface area (Å²) in [6.07, 6.45) is 1.71. The zero-order chi connectivity index (χ0) is 25.3. The van der Waals surface area contributed by atoms with Crippen LogP contribution in [0.2, 0.25) is 10.0 Å². The summed E-state index contributed by atoms with van der Waals surface area (Å²) < 4.78 is 18.0. The lowest BCUT2D eigenvalue weighted by Crippen LogP contribution is -2.40. The molecule has 3 aromatic rings. The molecule has 0 spiro atoms. The number of hydrogen-bond donors (Lipinski definition) is 0. The fourth-order valence-corrected chi connectivity index (χ4v) is 5.43. The number of ether oxygens (including phenoxy) is 3. The Bertz CT molecular complexity index is 1520. The maximum atomic E-state index is 13.7. The third kappa shape index (κ3) is 4.49. The zero-order valence-corrected chi connectivity index (χ0v) is 21.8. The Morgan fingerprint density at radius 2 is 1.91 bits per heavy atom. The topological polar surface area (TPSA) is 79.1 Å². The van der Waals surface area contributed by atoms with Gasteiger partial charge in [-0.05, 0) is 32.1 Å². The van der Waals surface area contributed by atoms with Crippen LogP contribution in [-0.4, -0.2) is 31.4 Å². The first kappa shape index (κ1) is 25.0. The molecule has 0 saturated carbocycles. The smallest absolute Gasteiger partial charge is 0.338 e. The van der Waals surface area contributed by atoms with Crippen molar-refractivity contribution >= 4 is 46.6 Å². The van der Waals surface area contributed by atoms with Crippen LogP contribution in [0.25, 0.3) is 6.08 Å². The van der Waals surface area contributed by atoms with E-state index in [0.717, 1.165) is 0 Å². The summed E-state index contributed by atoms with van der Waals surface area (Å²) >= 11 is 14.1. The molecule has 35 heavy (non-hydrogen) atoms. The Hall–Kier alpha value is -3.07. The van der Waals surface area contributed by atoms with Crippen molar-refractivity contribution in [2.24, 2.45) is 4.99 Å². The number of esters is 1. The lowest BCUT2D eigenvalue weighted by atomic mass is 9.96. The number of hydrogen-bond acceptors (Lipinski definition) is 7. The van der Waals surface area contributed by atoms with Gasteiger partial charge in [-0.25, -0.2) is 9.79 Å². The highest BCUT2D eigenvalue weighted by Gasteiger charge is 2.34. The molecule has 0 N–H and O–H groups in total. The fourth-order valence-electron chi connectivity index (χ4n) is 3.98. The van der Waals surface area contributed by atoms with Gasteiger partial charge >= 0.3 is 5.97 Å². The number of allylic oxidation sites excluding steroid dienone is 1. The number of aromatic nitrogens is 1. The minimum absolute atomic E-state index is 0.172. The minimum atomic E-state index is -0.856. The van der Waals surface area contributed by atoms with Gasteiger partial charge in [0, 0.05) is 11.1 Å². The van der Waals surface area contributed by atoms with E-state index in [9.17, 15) is 9.59 Å². The van der Waals surface area contributed by atoms with Crippen LogP contribution in [0.5, 0.6) is 11.5 Å². The van der Waals surface area contributed by atoms with Crippen molar-refractivity contribution < 1.29 is 19.0 Å². The molecule has 0 radical (unpaired) electrons. The first-order chi connectivity index (χ1) is 16.8. The molecule has 0 aliphatic carbocycles. The van der Waals surface area contributed by atoms with Gasteiger partial charge in [0.05, 0.1) is 46.7 Å². The number of carbonyl (C=O) groups is 1. The van der Waals surface area contributed by atoms with Crippen molar-refractivity contribution in [1.29, 1.82) is 0 Å². The van der Waals surface area contributed by atoms with Crippen molar-refractivity contribution in [1.82, 2.24) is 4.57 Å². The van der Waals surface area contributed by atoms with Crippen LogP contribution in [0.15, 0.2) is 57.5 Å². The van der Waals surface area contributed by atoms with Gasteiger partial charge in [-0.2, -0.15) is 0 Å². The summed E-state index contributed by atoms with van der Waals surface area (Å²) in [7, 11) is 3.08. The Labute approximate surface area is 215 Å². The van der Waals surface area contributed by atoms with E-state index >= 15 is 0 Å². The molecule has 1 aliphatic heterocycles.